The average molecular weight is 239 g/mol. The smallest absolute Gasteiger partial charge is 0.245 e. The Bertz CT molecular complexity index is 266. The van der Waals surface area contributed by atoms with Gasteiger partial charge in [0.15, 0.2) is 0 Å². The number of hydrogen-bond donors (Lipinski definition) is 0. The standard InChI is InChI=1S/C13H21NO3/c1-2-13(15)14-6-3-12(4-7-14)17-10-11-5-8-16-9-11/h2,11-12H,1,3-10H2. The van der Waals surface area contributed by atoms with Crippen molar-refractivity contribution in [2.24, 2.45) is 5.92 Å². The van der Waals surface area contributed by atoms with E-state index in [-0.39, 0.29) is 5.91 Å². The molecule has 0 aromatic rings. The minimum Gasteiger partial charge on any atom is -0.381 e. The fourth-order valence-corrected chi connectivity index (χ4v) is 2.36. The molecule has 0 aliphatic carbocycles. The van der Waals surface area contributed by atoms with Gasteiger partial charge >= 0.3 is 0 Å². The highest BCUT2D eigenvalue weighted by atomic mass is 16.5. The zero-order valence-electron chi connectivity index (χ0n) is 10.3. The van der Waals surface area contributed by atoms with Crippen molar-refractivity contribution in [3.63, 3.8) is 0 Å². The van der Waals surface area contributed by atoms with Crippen LogP contribution in [0.4, 0.5) is 0 Å². The summed E-state index contributed by atoms with van der Waals surface area (Å²) in [5.41, 5.74) is 0. The van der Waals surface area contributed by atoms with Crippen LogP contribution in [-0.2, 0) is 14.3 Å². The number of ether oxygens (including phenoxy) is 2. The third-order valence-electron chi connectivity index (χ3n) is 3.52. The predicted octanol–water partition coefficient (Wildman–Crippen LogP) is 1.22. The van der Waals surface area contributed by atoms with E-state index in [2.05, 4.69) is 6.58 Å². The fraction of sp³-hybridized carbons (Fsp3) is 0.769. The summed E-state index contributed by atoms with van der Waals surface area (Å²) in [4.78, 5) is 13.2. The third-order valence-corrected chi connectivity index (χ3v) is 3.52. The molecule has 2 rings (SSSR count). The van der Waals surface area contributed by atoms with Gasteiger partial charge in [0, 0.05) is 25.6 Å². The van der Waals surface area contributed by atoms with Gasteiger partial charge < -0.3 is 14.4 Å². The molecule has 2 aliphatic heterocycles. The van der Waals surface area contributed by atoms with Crippen LogP contribution in [0, 0.1) is 5.92 Å². The van der Waals surface area contributed by atoms with Crippen molar-refractivity contribution in [2.75, 3.05) is 32.9 Å². The number of amides is 1. The average Bonchev–Trinajstić information content (AvgIpc) is 2.89. The van der Waals surface area contributed by atoms with Crippen LogP contribution in [0.25, 0.3) is 0 Å². The predicted molar refractivity (Wildman–Crippen MR) is 64.7 cm³/mol. The van der Waals surface area contributed by atoms with E-state index in [0.29, 0.717) is 12.0 Å². The summed E-state index contributed by atoms with van der Waals surface area (Å²) < 4.78 is 11.2. The van der Waals surface area contributed by atoms with E-state index in [1.807, 2.05) is 4.90 Å². The molecule has 1 amide bonds. The van der Waals surface area contributed by atoms with Crippen LogP contribution >= 0.6 is 0 Å². The van der Waals surface area contributed by atoms with Crippen LogP contribution in [0.15, 0.2) is 12.7 Å². The van der Waals surface area contributed by atoms with Crippen molar-refractivity contribution in [3.8, 4) is 0 Å². The molecule has 0 N–H and O–H groups in total. The third kappa shape index (κ3) is 3.54. The van der Waals surface area contributed by atoms with Crippen LogP contribution in [0.1, 0.15) is 19.3 Å². The molecule has 2 fully saturated rings. The maximum atomic E-state index is 11.4. The number of rotatable bonds is 4. The molecule has 1 unspecified atom stereocenters. The van der Waals surface area contributed by atoms with E-state index < -0.39 is 0 Å². The molecule has 0 radical (unpaired) electrons. The zero-order chi connectivity index (χ0) is 12.1. The lowest BCUT2D eigenvalue weighted by molar-refractivity contribution is -0.128. The molecule has 0 spiro atoms. The molecule has 0 aromatic heterocycles. The number of hydrogen-bond acceptors (Lipinski definition) is 3. The van der Waals surface area contributed by atoms with Gasteiger partial charge in [-0.15, -0.1) is 0 Å². The molecule has 0 saturated carbocycles. The summed E-state index contributed by atoms with van der Waals surface area (Å²) in [6, 6.07) is 0. The van der Waals surface area contributed by atoms with Crippen molar-refractivity contribution in [3.05, 3.63) is 12.7 Å². The zero-order valence-corrected chi connectivity index (χ0v) is 10.3. The maximum Gasteiger partial charge on any atom is 0.245 e. The number of carbonyl (C=O) groups excluding carboxylic acids is 1. The van der Waals surface area contributed by atoms with E-state index in [4.69, 9.17) is 9.47 Å². The van der Waals surface area contributed by atoms with E-state index in [9.17, 15) is 4.79 Å². The molecule has 17 heavy (non-hydrogen) atoms. The highest BCUT2D eigenvalue weighted by Gasteiger charge is 2.23. The molecular weight excluding hydrogens is 218 g/mol. The SMILES string of the molecule is C=CC(=O)N1CCC(OCC2CCOC2)CC1. The number of piperidine rings is 1. The summed E-state index contributed by atoms with van der Waals surface area (Å²) in [6.07, 6.45) is 4.69. The summed E-state index contributed by atoms with van der Waals surface area (Å²) in [5, 5.41) is 0. The molecule has 0 bridgehead atoms. The molecule has 0 aromatic carbocycles. The minimum atomic E-state index is 0.0349. The van der Waals surface area contributed by atoms with Gasteiger partial charge in [0.1, 0.15) is 0 Å². The minimum absolute atomic E-state index is 0.0349. The summed E-state index contributed by atoms with van der Waals surface area (Å²) in [5.74, 6) is 0.607. The molecule has 2 heterocycles. The summed E-state index contributed by atoms with van der Waals surface area (Å²) >= 11 is 0. The van der Waals surface area contributed by atoms with Gasteiger partial charge in [0.25, 0.3) is 0 Å². The first-order valence-electron chi connectivity index (χ1n) is 6.40. The van der Waals surface area contributed by atoms with Crippen molar-refractivity contribution in [2.45, 2.75) is 25.4 Å². The Labute approximate surface area is 103 Å². The first kappa shape index (κ1) is 12.6. The van der Waals surface area contributed by atoms with E-state index in [0.717, 1.165) is 52.2 Å². The van der Waals surface area contributed by atoms with Crippen LogP contribution in [-0.4, -0.2) is 49.8 Å². The molecule has 2 saturated heterocycles. The highest BCUT2D eigenvalue weighted by molar-refractivity contribution is 5.87. The first-order chi connectivity index (χ1) is 8.29. The Morgan fingerprint density at radius 1 is 1.41 bits per heavy atom. The van der Waals surface area contributed by atoms with Gasteiger partial charge in [-0.05, 0) is 25.3 Å². The van der Waals surface area contributed by atoms with E-state index in [1.54, 1.807) is 0 Å². The van der Waals surface area contributed by atoms with Gasteiger partial charge in [0.05, 0.1) is 19.3 Å². The Hall–Kier alpha value is -0.870. The lowest BCUT2D eigenvalue weighted by Crippen LogP contribution is -2.40. The summed E-state index contributed by atoms with van der Waals surface area (Å²) in [7, 11) is 0. The fourth-order valence-electron chi connectivity index (χ4n) is 2.36. The Morgan fingerprint density at radius 3 is 2.76 bits per heavy atom. The molecular formula is C13H21NO3. The number of carbonyl (C=O) groups is 1. The largest absolute Gasteiger partial charge is 0.381 e. The monoisotopic (exact) mass is 239 g/mol. The normalized spacial score (nSPS) is 26.1. The van der Waals surface area contributed by atoms with Crippen molar-refractivity contribution < 1.29 is 14.3 Å². The van der Waals surface area contributed by atoms with Crippen molar-refractivity contribution >= 4 is 5.91 Å². The Morgan fingerprint density at radius 2 is 2.18 bits per heavy atom. The lowest BCUT2D eigenvalue weighted by atomic mass is 10.1. The molecule has 1 atom stereocenters. The van der Waals surface area contributed by atoms with Gasteiger partial charge in [-0.3, -0.25) is 4.79 Å². The second kappa shape index (κ2) is 6.17. The summed E-state index contributed by atoms with van der Waals surface area (Å²) in [6.45, 7) is 7.61. The van der Waals surface area contributed by atoms with Crippen LogP contribution in [0.5, 0.6) is 0 Å². The second-order valence-electron chi connectivity index (χ2n) is 4.79. The van der Waals surface area contributed by atoms with Gasteiger partial charge in [-0.25, -0.2) is 0 Å². The van der Waals surface area contributed by atoms with Gasteiger partial charge in [-0.2, -0.15) is 0 Å². The number of nitrogens with zero attached hydrogens (tertiary/aromatic N) is 1. The van der Waals surface area contributed by atoms with Crippen molar-refractivity contribution in [1.82, 2.24) is 4.90 Å². The Balaban J connectivity index is 1.64. The molecule has 4 heteroatoms. The molecule has 4 nitrogen and oxygen atoms in total. The maximum absolute atomic E-state index is 11.4. The van der Waals surface area contributed by atoms with E-state index in [1.165, 1.54) is 6.08 Å². The van der Waals surface area contributed by atoms with E-state index >= 15 is 0 Å². The van der Waals surface area contributed by atoms with Gasteiger partial charge in [-0.1, -0.05) is 6.58 Å². The highest BCUT2D eigenvalue weighted by Crippen LogP contribution is 2.18. The first-order valence-corrected chi connectivity index (χ1v) is 6.40. The topological polar surface area (TPSA) is 38.8 Å². The lowest BCUT2D eigenvalue weighted by Gasteiger charge is -2.31. The molecule has 96 valence electrons. The van der Waals surface area contributed by atoms with Crippen LogP contribution in [0.3, 0.4) is 0 Å². The second-order valence-corrected chi connectivity index (χ2v) is 4.79. The van der Waals surface area contributed by atoms with Crippen molar-refractivity contribution in [1.29, 1.82) is 0 Å². The van der Waals surface area contributed by atoms with Gasteiger partial charge in [0.2, 0.25) is 5.91 Å². The van der Waals surface area contributed by atoms with Crippen LogP contribution < -0.4 is 0 Å². The number of likely N-dealkylation sites (tertiary alicyclic amines) is 1. The quantitative estimate of drug-likeness (QED) is 0.692. The Kier molecular flexibility index (Phi) is 4.57. The van der Waals surface area contributed by atoms with Crippen LogP contribution in [0.2, 0.25) is 0 Å². The molecule has 2 aliphatic rings.